The fourth-order valence-electron chi connectivity index (χ4n) is 4.29. The largest absolute Gasteiger partial charge is 0.461 e. The molecule has 1 aromatic rings. The molecule has 4 nitrogen and oxygen atoms in total. The van der Waals surface area contributed by atoms with E-state index in [1.165, 1.54) is 11.1 Å². The number of piperidine rings is 1. The van der Waals surface area contributed by atoms with E-state index in [-0.39, 0.29) is 30.1 Å². The molecule has 0 amide bonds. The number of carbonyl (C=O) groups is 1. The maximum atomic E-state index is 11.9. The molecule has 0 saturated carbocycles. The fourth-order valence-corrected chi connectivity index (χ4v) is 4.29. The SMILES string of the molecule is C[C@@H]1OC(=O)[C@@H]2[C@@H]1N1CCc3ccccc3[C@@H]1C[C@@H]2O. The maximum absolute atomic E-state index is 11.9. The summed E-state index contributed by atoms with van der Waals surface area (Å²) in [5.41, 5.74) is 2.68. The molecule has 20 heavy (non-hydrogen) atoms. The number of fused-ring (bicyclic) bond motifs is 5. The van der Waals surface area contributed by atoms with Gasteiger partial charge in [0.25, 0.3) is 0 Å². The smallest absolute Gasteiger partial charge is 0.313 e. The number of aliphatic hydroxyl groups is 1. The zero-order valence-corrected chi connectivity index (χ0v) is 11.5. The van der Waals surface area contributed by atoms with Crippen LogP contribution in [0.4, 0.5) is 0 Å². The summed E-state index contributed by atoms with van der Waals surface area (Å²) in [5.74, 6) is -0.598. The molecule has 2 fully saturated rings. The van der Waals surface area contributed by atoms with Crippen LogP contribution < -0.4 is 0 Å². The van der Waals surface area contributed by atoms with E-state index in [4.69, 9.17) is 4.74 Å². The molecule has 0 spiro atoms. The van der Waals surface area contributed by atoms with Crippen LogP contribution in [0.1, 0.15) is 30.5 Å². The minimum Gasteiger partial charge on any atom is -0.461 e. The summed E-state index contributed by atoms with van der Waals surface area (Å²) in [5, 5.41) is 10.4. The molecule has 5 atom stereocenters. The molecule has 3 aliphatic heterocycles. The average Bonchev–Trinajstić information content (AvgIpc) is 2.75. The minimum atomic E-state index is -0.593. The minimum absolute atomic E-state index is 0.0182. The Labute approximate surface area is 118 Å². The molecule has 3 heterocycles. The quantitative estimate of drug-likeness (QED) is 0.724. The predicted octanol–water partition coefficient (Wildman–Crippen LogP) is 1.28. The van der Waals surface area contributed by atoms with Crippen molar-refractivity contribution in [1.82, 2.24) is 4.90 Å². The lowest BCUT2D eigenvalue weighted by Gasteiger charge is -2.48. The summed E-state index contributed by atoms with van der Waals surface area (Å²) in [6.07, 6.45) is 0.910. The predicted molar refractivity (Wildman–Crippen MR) is 73.0 cm³/mol. The number of benzene rings is 1. The Hall–Kier alpha value is -1.39. The molecule has 0 radical (unpaired) electrons. The van der Waals surface area contributed by atoms with Crippen LogP contribution in [-0.4, -0.2) is 40.8 Å². The van der Waals surface area contributed by atoms with Crippen molar-refractivity contribution in [3.63, 3.8) is 0 Å². The first-order valence-corrected chi connectivity index (χ1v) is 7.39. The van der Waals surface area contributed by atoms with Crippen LogP contribution >= 0.6 is 0 Å². The summed E-state index contributed by atoms with van der Waals surface area (Å²) < 4.78 is 5.37. The summed E-state index contributed by atoms with van der Waals surface area (Å²) in [6, 6.07) is 8.69. The molecule has 0 aliphatic carbocycles. The number of cyclic esters (lactones) is 1. The van der Waals surface area contributed by atoms with Gasteiger partial charge in [-0.05, 0) is 30.9 Å². The van der Waals surface area contributed by atoms with Crippen molar-refractivity contribution in [3.8, 4) is 0 Å². The van der Waals surface area contributed by atoms with Crippen molar-refractivity contribution >= 4 is 5.97 Å². The van der Waals surface area contributed by atoms with Crippen LogP contribution in [-0.2, 0) is 16.0 Å². The average molecular weight is 273 g/mol. The van der Waals surface area contributed by atoms with E-state index < -0.39 is 6.10 Å². The van der Waals surface area contributed by atoms with Crippen LogP contribution in [0.3, 0.4) is 0 Å². The number of rotatable bonds is 0. The standard InChI is InChI=1S/C16H19NO3/c1-9-15-14(16(19)20-9)13(18)8-12-11-5-3-2-4-10(11)6-7-17(12)15/h2-5,9,12-15,18H,6-8H2,1H3/t9-,12-,13-,14-,15+/m0/s1. The monoisotopic (exact) mass is 273 g/mol. The molecule has 1 aromatic carbocycles. The third-order valence-electron chi connectivity index (χ3n) is 5.14. The highest BCUT2D eigenvalue weighted by molar-refractivity contribution is 5.77. The van der Waals surface area contributed by atoms with E-state index in [0.29, 0.717) is 6.42 Å². The van der Waals surface area contributed by atoms with E-state index in [0.717, 1.165) is 13.0 Å². The van der Waals surface area contributed by atoms with Crippen molar-refractivity contribution in [3.05, 3.63) is 35.4 Å². The van der Waals surface area contributed by atoms with Gasteiger partial charge in [0.05, 0.1) is 12.1 Å². The highest BCUT2D eigenvalue weighted by Gasteiger charge is 2.55. The number of hydrogen-bond acceptors (Lipinski definition) is 4. The lowest BCUT2D eigenvalue weighted by Crippen LogP contribution is -2.56. The van der Waals surface area contributed by atoms with Gasteiger partial charge in [0, 0.05) is 12.6 Å². The molecule has 106 valence electrons. The Morgan fingerprint density at radius 3 is 3.00 bits per heavy atom. The van der Waals surface area contributed by atoms with Gasteiger partial charge < -0.3 is 9.84 Å². The van der Waals surface area contributed by atoms with Crippen molar-refractivity contribution in [2.45, 2.75) is 44.1 Å². The van der Waals surface area contributed by atoms with Crippen molar-refractivity contribution in [2.75, 3.05) is 6.54 Å². The topological polar surface area (TPSA) is 49.8 Å². The third kappa shape index (κ3) is 1.58. The number of ether oxygens (including phenoxy) is 1. The second-order valence-electron chi connectivity index (χ2n) is 6.16. The zero-order chi connectivity index (χ0) is 13.9. The van der Waals surface area contributed by atoms with Gasteiger partial charge in [-0.2, -0.15) is 0 Å². The number of aliphatic hydroxyl groups excluding tert-OH is 1. The first-order valence-electron chi connectivity index (χ1n) is 7.39. The van der Waals surface area contributed by atoms with Crippen molar-refractivity contribution in [2.24, 2.45) is 5.92 Å². The lowest BCUT2D eigenvalue weighted by molar-refractivity contribution is -0.147. The van der Waals surface area contributed by atoms with Crippen LogP contribution in [0.2, 0.25) is 0 Å². The molecule has 1 N–H and O–H groups in total. The highest BCUT2D eigenvalue weighted by atomic mass is 16.6. The normalized spacial score (nSPS) is 39.7. The van der Waals surface area contributed by atoms with E-state index in [2.05, 4.69) is 29.2 Å². The van der Waals surface area contributed by atoms with Crippen LogP contribution in [0.5, 0.6) is 0 Å². The van der Waals surface area contributed by atoms with Gasteiger partial charge >= 0.3 is 5.97 Å². The van der Waals surface area contributed by atoms with E-state index >= 15 is 0 Å². The Morgan fingerprint density at radius 1 is 1.35 bits per heavy atom. The Morgan fingerprint density at radius 2 is 2.15 bits per heavy atom. The summed E-state index contributed by atoms with van der Waals surface area (Å²) in [6.45, 7) is 2.88. The molecule has 4 heteroatoms. The molecule has 0 bridgehead atoms. The highest BCUT2D eigenvalue weighted by Crippen LogP contribution is 2.45. The number of carbonyl (C=O) groups excluding carboxylic acids is 1. The number of hydrogen-bond donors (Lipinski definition) is 1. The van der Waals surface area contributed by atoms with Gasteiger partial charge in [-0.3, -0.25) is 9.69 Å². The van der Waals surface area contributed by atoms with Gasteiger partial charge in [0.2, 0.25) is 0 Å². The zero-order valence-electron chi connectivity index (χ0n) is 11.5. The molecule has 3 aliphatic rings. The second kappa shape index (κ2) is 4.30. The Balaban J connectivity index is 1.76. The van der Waals surface area contributed by atoms with Crippen LogP contribution in [0.15, 0.2) is 24.3 Å². The molecule has 4 rings (SSSR count). The number of nitrogens with zero attached hydrogens (tertiary/aromatic N) is 1. The van der Waals surface area contributed by atoms with Gasteiger partial charge in [-0.15, -0.1) is 0 Å². The summed E-state index contributed by atoms with van der Waals surface area (Å²) in [4.78, 5) is 14.3. The first-order chi connectivity index (χ1) is 9.66. The van der Waals surface area contributed by atoms with Gasteiger partial charge in [-0.25, -0.2) is 0 Å². The van der Waals surface area contributed by atoms with Crippen LogP contribution in [0, 0.1) is 5.92 Å². The Bertz CT molecular complexity index is 558. The lowest BCUT2D eigenvalue weighted by atomic mass is 9.77. The molecule has 0 aromatic heterocycles. The molecule has 2 saturated heterocycles. The molecular weight excluding hydrogens is 254 g/mol. The summed E-state index contributed by atoms with van der Waals surface area (Å²) >= 11 is 0. The third-order valence-corrected chi connectivity index (χ3v) is 5.14. The van der Waals surface area contributed by atoms with Gasteiger partial charge in [0.15, 0.2) is 0 Å². The van der Waals surface area contributed by atoms with Crippen LogP contribution in [0.25, 0.3) is 0 Å². The van der Waals surface area contributed by atoms with Gasteiger partial charge in [-0.1, -0.05) is 24.3 Å². The maximum Gasteiger partial charge on any atom is 0.313 e. The molecule has 0 unspecified atom stereocenters. The number of esters is 1. The molecular formula is C16H19NO3. The second-order valence-corrected chi connectivity index (χ2v) is 6.16. The van der Waals surface area contributed by atoms with E-state index in [1.807, 2.05) is 6.92 Å². The van der Waals surface area contributed by atoms with Crippen molar-refractivity contribution in [1.29, 1.82) is 0 Å². The van der Waals surface area contributed by atoms with Gasteiger partial charge in [0.1, 0.15) is 12.0 Å². The first kappa shape index (κ1) is 12.4. The van der Waals surface area contributed by atoms with E-state index in [1.54, 1.807) is 0 Å². The Kier molecular flexibility index (Phi) is 2.66. The van der Waals surface area contributed by atoms with E-state index in [9.17, 15) is 9.90 Å². The summed E-state index contributed by atoms with van der Waals surface area (Å²) in [7, 11) is 0. The fraction of sp³-hybridized carbons (Fsp3) is 0.562. The van der Waals surface area contributed by atoms with Crippen molar-refractivity contribution < 1.29 is 14.6 Å².